The first-order valence-electron chi connectivity index (χ1n) is 8.82. The number of benzene rings is 1. The lowest BCUT2D eigenvalue weighted by Crippen LogP contribution is -2.43. The molecule has 2 saturated heterocycles. The molecule has 2 unspecified atom stereocenters. The van der Waals surface area contributed by atoms with E-state index in [0.29, 0.717) is 23.6 Å². The van der Waals surface area contributed by atoms with Gasteiger partial charge in [0.25, 0.3) is 0 Å². The van der Waals surface area contributed by atoms with Crippen molar-refractivity contribution in [2.24, 2.45) is 5.92 Å². The first-order valence-corrected chi connectivity index (χ1v) is 9.20. The highest BCUT2D eigenvalue weighted by molar-refractivity contribution is 6.30. The number of ether oxygens (including phenoxy) is 1. The number of piperidine rings is 1. The van der Waals surface area contributed by atoms with Crippen LogP contribution in [-0.2, 0) is 9.53 Å². The van der Waals surface area contributed by atoms with Gasteiger partial charge >= 0.3 is 0 Å². The predicted molar refractivity (Wildman–Crippen MR) is 93.3 cm³/mol. The standard InChI is InChI=1S/C19H24ClNO3/c20-16-8-6-14(7-9-16)19(23)15-4-3-10-21(13-15)18(22)12-17-5-1-2-11-24-17/h6-9,15,17H,1-5,10-13H2. The molecule has 2 aliphatic rings. The molecule has 24 heavy (non-hydrogen) atoms. The smallest absolute Gasteiger partial charge is 0.225 e. The van der Waals surface area contributed by atoms with Crippen molar-refractivity contribution in [1.29, 1.82) is 0 Å². The maximum absolute atomic E-state index is 12.7. The van der Waals surface area contributed by atoms with Crippen LogP contribution in [0.2, 0.25) is 5.02 Å². The van der Waals surface area contributed by atoms with Crippen LogP contribution in [0.25, 0.3) is 0 Å². The number of likely N-dealkylation sites (tertiary alicyclic amines) is 1. The Balaban J connectivity index is 1.58. The highest BCUT2D eigenvalue weighted by Gasteiger charge is 2.30. The molecular weight excluding hydrogens is 326 g/mol. The molecule has 0 N–H and O–H groups in total. The van der Waals surface area contributed by atoms with Crippen LogP contribution >= 0.6 is 11.6 Å². The number of carbonyl (C=O) groups is 2. The Bertz CT molecular complexity index is 581. The SMILES string of the molecule is O=C(c1ccc(Cl)cc1)C1CCCN(C(=O)CC2CCCCO2)C1. The van der Waals surface area contributed by atoms with Crippen molar-refractivity contribution in [2.45, 2.75) is 44.6 Å². The third-order valence-electron chi connectivity index (χ3n) is 4.95. The largest absolute Gasteiger partial charge is 0.378 e. The minimum Gasteiger partial charge on any atom is -0.378 e. The zero-order valence-corrected chi connectivity index (χ0v) is 14.6. The number of halogens is 1. The minimum atomic E-state index is -0.115. The van der Waals surface area contributed by atoms with Crippen LogP contribution in [0.1, 0.15) is 48.9 Å². The maximum atomic E-state index is 12.7. The van der Waals surface area contributed by atoms with Crippen LogP contribution in [0.4, 0.5) is 0 Å². The molecule has 130 valence electrons. The lowest BCUT2D eigenvalue weighted by Gasteiger charge is -2.33. The van der Waals surface area contributed by atoms with Gasteiger partial charge in [-0.1, -0.05) is 11.6 Å². The Morgan fingerprint density at radius 1 is 1.12 bits per heavy atom. The quantitative estimate of drug-likeness (QED) is 0.778. The monoisotopic (exact) mass is 349 g/mol. The summed E-state index contributed by atoms with van der Waals surface area (Å²) in [6, 6.07) is 7.00. The van der Waals surface area contributed by atoms with E-state index >= 15 is 0 Å². The molecule has 2 fully saturated rings. The van der Waals surface area contributed by atoms with Gasteiger partial charge in [-0.25, -0.2) is 0 Å². The lowest BCUT2D eigenvalue weighted by atomic mass is 9.89. The molecule has 5 heteroatoms. The van der Waals surface area contributed by atoms with E-state index in [9.17, 15) is 9.59 Å². The third-order valence-corrected chi connectivity index (χ3v) is 5.20. The second kappa shape index (κ2) is 8.13. The van der Waals surface area contributed by atoms with E-state index in [-0.39, 0.29) is 23.7 Å². The number of amides is 1. The predicted octanol–water partition coefficient (Wildman–Crippen LogP) is 3.72. The van der Waals surface area contributed by atoms with Crippen molar-refractivity contribution in [2.75, 3.05) is 19.7 Å². The van der Waals surface area contributed by atoms with Crippen LogP contribution < -0.4 is 0 Å². The molecule has 1 aromatic rings. The average Bonchev–Trinajstić information content (AvgIpc) is 2.63. The molecule has 0 aliphatic carbocycles. The van der Waals surface area contributed by atoms with Crippen LogP contribution in [0, 0.1) is 5.92 Å². The van der Waals surface area contributed by atoms with E-state index in [1.807, 2.05) is 4.90 Å². The van der Waals surface area contributed by atoms with Gasteiger partial charge in [0.05, 0.1) is 12.5 Å². The van der Waals surface area contributed by atoms with E-state index < -0.39 is 0 Å². The molecule has 1 amide bonds. The van der Waals surface area contributed by atoms with Crippen molar-refractivity contribution in [3.05, 3.63) is 34.9 Å². The molecule has 2 heterocycles. The van der Waals surface area contributed by atoms with Gasteiger partial charge in [-0.3, -0.25) is 9.59 Å². The zero-order valence-electron chi connectivity index (χ0n) is 13.9. The van der Waals surface area contributed by atoms with Crippen molar-refractivity contribution in [1.82, 2.24) is 4.90 Å². The molecule has 0 saturated carbocycles. The number of Topliss-reactive ketones (excluding diaryl/α,β-unsaturated/α-hetero) is 1. The molecule has 0 bridgehead atoms. The van der Waals surface area contributed by atoms with Crippen LogP contribution in [-0.4, -0.2) is 42.4 Å². The first-order chi connectivity index (χ1) is 11.6. The van der Waals surface area contributed by atoms with Gasteiger partial charge in [-0.2, -0.15) is 0 Å². The molecule has 0 spiro atoms. The van der Waals surface area contributed by atoms with Crippen molar-refractivity contribution >= 4 is 23.3 Å². The van der Waals surface area contributed by atoms with Gasteiger partial charge in [0.1, 0.15) is 0 Å². The first kappa shape index (κ1) is 17.4. The summed E-state index contributed by atoms with van der Waals surface area (Å²) >= 11 is 5.88. The second-order valence-corrected chi connectivity index (χ2v) is 7.18. The minimum absolute atomic E-state index is 0.0543. The summed E-state index contributed by atoms with van der Waals surface area (Å²) in [5.41, 5.74) is 0.675. The Labute approximate surface area is 148 Å². The van der Waals surface area contributed by atoms with Crippen LogP contribution in [0.3, 0.4) is 0 Å². The molecule has 2 aliphatic heterocycles. The summed E-state index contributed by atoms with van der Waals surface area (Å²) in [7, 11) is 0. The summed E-state index contributed by atoms with van der Waals surface area (Å²) in [6.07, 6.45) is 5.40. The summed E-state index contributed by atoms with van der Waals surface area (Å²) in [6.45, 7) is 2.03. The number of hydrogen-bond acceptors (Lipinski definition) is 3. The average molecular weight is 350 g/mol. The number of carbonyl (C=O) groups excluding carboxylic acids is 2. The third kappa shape index (κ3) is 4.37. The topological polar surface area (TPSA) is 46.6 Å². The summed E-state index contributed by atoms with van der Waals surface area (Å²) in [4.78, 5) is 27.0. The van der Waals surface area contributed by atoms with Gasteiger partial charge in [-0.15, -0.1) is 0 Å². The molecule has 0 aromatic heterocycles. The fourth-order valence-electron chi connectivity index (χ4n) is 3.56. The van der Waals surface area contributed by atoms with Crippen molar-refractivity contribution in [3.63, 3.8) is 0 Å². The van der Waals surface area contributed by atoms with Gasteiger partial charge in [0, 0.05) is 36.2 Å². The van der Waals surface area contributed by atoms with Gasteiger partial charge < -0.3 is 9.64 Å². The van der Waals surface area contributed by atoms with Gasteiger partial charge in [0.15, 0.2) is 5.78 Å². The summed E-state index contributed by atoms with van der Waals surface area (Å²) in [5, 5.41) is 0.625. The van der Waals surface area contributed by atoms with E-state index in [4.69, 9.17) is 16.3 Å². The van der Waals surface area contributed by atoms with Gasteiger partial charge in [0.2, 0.25) is 5.91 Å². The second-order valence-electron chi connectivity index (χ2n) is 6.74. The Morgan fingerprint density at radius 2 is 1.92 bits per heavy atom. The van der Waals surface area contributed by atoms with E-state index in [1.54, 1.807) is 24.3 Å². The number of rotatable bonds is 4. The Morgan fingerprint density at radius 3 is 2.62 bits per heavy atom. The van der Waals surface area contributed by atoms with E-state index in [2.05, 4.69) is 0 Å². The normalized spacial score (nSPS) is 24.6. The fraction of sp³-hybridized carbons (Fsp3) is 0.579. The summed E-state index contributed by atoms with van der Waals surface area (Å²) in [5.74, 6) is 0.115. The van der Waals surface area contributed by atoms with Crippen molar-refractivity contribution < 1.29 is 14.3 Å². The summed E-state index contributed by atoms with van der Waals surface area (Å²) < 4.78 is 5.67. The zero-order chi connectivity index (χ0) is 16.9. The van der Waals surface area contributed by atoms with Crippen molar-refractivity contribution in [3.8, 4) is 0 Å². The molecule has 4 nitrogen and oxygen atoms in total. The molecule has 3 rings (SSSR count). The van der Waals surface area contributed by atoms with E-state index in [1.165, 1.54) is 0 Å². The Hall–Kier alpha value is -1.39. The Kier molecular flexibility index (Phi) is 5.90. The molecule has 0 radical (unpaired) electrons. The number of ketones is 1. The van der Waals surface area contributed by atoms with Crippen LogP contribution in [0.15, 0.2) is 24.3 Å². The molecule has 2 atom stereocenters. The van der Waals surface area contributed by atoms with Gasteiger partial charge in [-0.05, 0) is 56.4 Å². The maximum Gasteiger partial charge on any atom is 0.225 e. The number of nitrogens with zero attached hydrogens (tertiary/aromatic N) is 1. The lowest BCUT2D eigenvalue weighted by molar-refractivity contribution is -0.136. The number of hydrogen-bond donors (Lipinski definition) is 0. The van der Waals surface area contributed by atoms with Crippen LogP contribution in [0.5, 0.6) is 0 Å². The fourth-order valence-corrected chi connectivity index (χ4v) is 3.69. The molecular formula is C19H24ClNO3. The highest BCUT2D eigenvalue weighted by Crippen LogP contribution is 2.24. The molecule has 1 aromatic carbocycles. The highest BCUT2D eigenvalue weighted by atomic mass is 35.5. The van der Waals surface area contributed by atoms with E-state index in [0.717, 1.165) is 45.3 Å².